The molecule has 1 saturated heterocycles. The highest BCUT2D eigenvalue weighted by Crippen LogP contribution is 2.24. The summed E-state index contributed by atoms with van der Waals surface area (Å²) in [6, 6.07) is 5.45. The third-order valence-electron chi connectivity index (χ3n) is 3.52. The van der Waals surface area contributed by atoms with Crippen LogP contribution < -0.4 is 5.32 Å². The second-order valence-electron chi connectivity index (χ2n) is 5.24. The highest BCUT2D eigenvalue weighted by molar-refractivity contribution is 6.31. The van der Waals surface area contributed by atoms with Gasteiger partial charge in [-0.1, -0.05) is 24.6 Å². The van der Waals surface area contributed by atoms with E-state index in [9.17, 15) is 9.90 Å². The molecular weight excluding hydrogens is 264 g/mol. The van der Waals surface area contributed by atoms with Crippen LogP contribution in [0.3, 0.4) is 0 Å². The van der Waals surface area contributed by atoms with E-state index < -0.39 is 5.60 Å². The third-order valence-corrected chi connectivity index (χ3v) is 3.92. The fourth-order valence-corrected chi connectivity index (χ4v) is 2.38. The number of carbonyl (C=O) groups is 1. The summed E-state index contributed by atoms with van der Waals surface area (Å²) in [6.07, 6.45) is 0.721. The van der Waals surface area contributed by atoms with Crippen LogP contribution in [0.25, 0.3) is 0 Å². The maximum Gasteiger partial charge on any atom is 0.238 e. The van der Waals surface area contributed by atoms with Crippen molar-refractivity contribution in [2.45, 2.75) is 25.9 Å². The Balaban J connectivity index is 1.84. The van der Waals surface area contributed by atoms with Crippen LogP contribution in [0.4, 0.5) is 5.69 Å². The molecule has 0 radical (unpaired) electrons. The molecule has 0 aromatic heterocycles. The van der Waals surface area contributed by atoms with Gasteiger partial charge in [-0.05, 0) is 31.0 Å². The van der Waals surface area contributed by atoms with Gasteiger partial charge >= 0.3 is 0 Å². The number of carbonyl (C=O) groups excluding carboxylic acids is 1. The Kier molecular flexibility index (Phi) is 4.13. The van der Waals surface area contributed by atoms with Crippen molar-refractivity contribution in [2.24, 2.45) is 0 Å². The van der Waals surface area contributed by atoms with E-state index in [0.717, 1.165) is 12.0 Å². The van der Waals surface area contributed by atoms with Crippen molar-refractivity contribution in [3.05, 3.63) is 28.8 Å². The number of amides is 1. The third kappa shape index (κ3) is 3.47. The molecule has 4 nitrogen and oxygen atoms in total. The summed E-state index contributed by atoms with van der Waals surface area (Å²) in [5, 5.41) is 13.3. The second-order valence-corrected chi connectivity index (χ2v) is 5.64. The zero-order valence-corrected chi connectivity index (χ0v) is 12.0. The molecule has 1 aliphatic heterocycles. The minimum Gasteiger partial charge on any atom is -0.387 e. The lowest BCUT2D eigenvalue weighted by Gasteiger charge is -2.45. The molecule has 19 heavy (non-hydrogen) atoms. The molecule has 104 valence electrons. The van der Waals surface area contributed by atoms with E-state index >= 15 is 0 Å². The fourth-order valence-electron chi connectivity index (χ4n) is 2.20. The minimum atomic E-state index is -0.604. The lowest BCUT2D eigenvalue weighted by atomic mass is 9.91. The summed E-state index contributed by atoms with van der Waals surface area (Å²) in [6.45, 7) is 5.29. The number of likely N-dealkylation sites (tertiary alicyclic amines) is 1. The number of halogens is 1. The molecule has 1 aromatic carbocycles. The van der Waals surface area contributed by atoms with Crippen LogP contribution in [0.2, 0.25) is 5.02 Å². The first kappa shape index (κ1) is 14.3. The summed E-state index contributed by atoms with van der Waals surface area (Å²) in [5.41, 5.74) is 1.08. The second kappa shape index (κ2) is 5.49. The normalized spacial score (nSPS) is 17.9. The standard InChI is InChI=1S/C14H19ClN2O2/c1-3-14(19)8-17(9-14)7-13(18)16-11-5-4-10(2)12(15)6-11/h4-6,19H,3,7-9H2,1-2H3,(H,16,18). The van der Waals surface area contributed by atoms with Crippen molar-refractivity contribution in [3.63, 3.8) is 0 Å². The number of hydrogen-bond donors (Lipinski definition) is 2. The van der Waals surface area contributed by atoms with E-state index in [4.69, 9.17) is 11.6 Å². The summed E-state index contributed by atoms with van der Waals surface area (Å²) < 4.78 is 0. The van der Waals surface area contributed by atoms with Crippen LogP contribution >= 0.6 is 11.6 Å². The Bertz CT molecular complexity index is 484. The number of aliphatic hydroxyl groups is 1. The fraction of sp³-hybridized carbons (Fsp3) is 0.500. The predicted molar refractivity (Wildman–Crippen MR) is 76.5 cm³/mol. The highest BCUT2D eigenvalue weighted by Gasteiger charge is 2.39. The maximum absolute atomic E-state index is 11.8. The van der Waals surface area contributed by atoms with E-state index in [1.54, 1.807) is 6.07 Å². The van der Waals surface area contributed by atoms with Crippen LogP contribution in [0.15, 0.2) is 18.2 Å². The van der Waals surface area contributed by atoms with E-state index in [1.807, 2.05) is 30.9 Å². The first-order valence-electron chi connectivity index (χ1n) is 6.42. The molecule has 0 atom stereocenters. The molecule has 5 heteroatoms. The van der Waals surface area contributed by atoms with Gasteiger partial charge in [-0.25, -0.2) is 0 Å². The number of β-amino-alcohol motifs (C(OH)–C–C–N with tert-alkyl or cyclic N) is 1. The van der Waals surface area contributed by atoms with Gasteiger partial charge in [-0.3, -0.25) is 9.69 Å². The monoisotopic (exact) mass is 282 g/mol. The molecule has 0 unspecified atom stereocenters. The summed E-state index contributed by atoms with van der Waals surface area (Å²) in [4.78, 5) is 13.8. The molecule has 0 saturated carbocycles. The number of hydrogen-bond acceptors (Lipinski definition) is 3. The van der Waals surface area contributed by atoms with Gasteiger partial charge in [-0.2, -0.15) is 0 Å². The molecule has 1 fully saturated rings. The predicted octanol–water partition coefficient (Wildman–Crippen LogP) is 2.04. The maximum atomic E-state index is 11.8. The number of aryl methyl sites for hydroxylation is 1. The Morgan fingerprint density at radius 2 is 2.21 bits per heavy atom. The Labute approximate surface area is 118 Å². The molecule has 2 N–H and O–H groups in total. The Hall–Kier alpha value is -1.10. The van der Waals surface area contributed by atoms with E-state index in [0.29, 0.717) is 30.3 Å². The van der Waals surface area contributed by atoms with Crippen molar-refractivity contribution in [1.82, 2.24) is 4.90 Å². The van der Waals surface area contributed by atoms with Crippen LogP contribution in [0.5, 0.6) is 0 Å². The molecule has 0 bridgehead atoms. The number of nitrogens with zero attached hydrogens (tertiary/aromatic N) is 1. The number of anilines is 1. The van der Waals surface area contributed by atoms with E-state index in [2.05, 4.69) is 5.32 Å². The molecule has 2 rings (SSSR count). The van der Waals surface area contributed by atoms with Crippen LogP contribution in [-0.4, -0.2) is 41.1 Å². The molecule has 0 aliphatic carbocycles. The molecule has 1 amide bonds. The lowest BCUT2D eigenvalue weighted by Crippen LogP contribution is -2.62. The minimum absolute atomic E-state index is 0.0851. The Morgan fingerprint density at radius 3 is 2.79 bits per heavy atom. The zero-order chi connectivity index (χ0) is 14.0. The molecule has 1 aliphatic rings. The smallest absolute Gasteiger partial charge is 0.238 e. The SMILES string of the molecule is CCC1(O)CN(CC(=O)Nc2ccc(C)c(Cl)c2)C1. The topological polar surface area (TPSA) is 52.6 Å². The van der Waals surface area contributed by atoms with Crippen molar-refractivity contribution >= 4 is 23.2 Å². The van der Waals surface area contributed by atoms with Gasteiger partial charge < -0.3 is 10.4 Å². The average molecular weight is 283 g/mol. The van der Waals surface area contributed by atoms with E-state index in [-0.39, 0.29) is 5.91 Å². The number of rotatable bonds is 4. The van der Waals surface area contributed by atoms with Gasteiger partial charge in [0.1, 0.15) is 0 Å². The van der Waals surface area contributed by atoms with Crippen molar-refractivity contribution < 1.29 is 9.90 Å². The first-order valence-corrected chi connectivity index (χ1v) is 6.80. The first-order chi connectivity index (χ1) is 8.92. The Morgan fingerprint density at radius 1 is 1.53 bits per heavy atom. The summed E-state index contributed by atoms with van der Waals surface area (Å²) >= 11 is 6.00. The van der Waals surface area contributed by atoms with Gasteiger partial charge in [0, 0.05) is 23.8 Å². The number of nitrogens with one attached hydrogen (secondary N) is 1. The average Bonchev–Trinajstić information content (AvgIpc) is 2.31. The van der Waals surface area contributed by atoms with Gasteiger partial charge in [0.25, 0.3) is 0 Å². The highest BCUT2D eigenvalue weighted by atomic mass is 35.5. The largest absolute Gasteiger partial charge is 0.387 e. The van der Waals surface area contributed by atoms with Gasteiger partial charge in [-0.15, -0.1) is 0 Å². The van der Waals surface area contributed by atoms with Crippen molar-refractivity contribution in [3.8, 4) is 0 Å². The number of benzene rings is 1. The van der Waals surface area contributed by atoms with Crippen LogP contribution in [-0.2, 0) is 4.79 Å². The van der Waals surface area contributed by atoms with Crippen molar-refractivity contribution in [2.75, 3.05) is 25.0 Å². The van der Waals surface area contributed by atoms with E-state index in [1.165, 1.54) is 0 Å². The van der Waals surface area contributed by atoms with Gasteiger partial charge in [0.2, 0.25) is 5.91 Å². The van der Waals surface area contributed by atoms with Crippen molar-refractivity contribution in [1.29, 1.82) is 0 Å². The van der Waals surface area contributed by atoms with Crippen LogP contribution in [0.1, 0.15) is 18.9 Å². The zero-order valence-electron chi connectivity index (χ0n) is 11.2. The lowest BCUT2D eigenvalue weighted by molar-refractivity contribution is -0.128. The molecule has 1 aromatic rings. The molecule has 0 spiro atoms. The van der Waals surface area contributed by atoms with Gasteiger partial charge in [0.05, 0.1) is 12.1 Å². The van der Waals surface area contributed by atoms with Crippen LogP contribution in [0, 0.1) is 6.92 Å². The molecule has 1 heterocycles. The van der Waals surface area contributed by atoms with Gasteiger partial charge in [0.15, 0.2) is 0 Å². The quantitative estimate of drug-likeness (QED) is 0.889. The summed E-state index contributed by atoms with van der Waals surface area (Å²) in [7, 11) is 0. The summed E-state index contributed by atoms with van der Waals surface area (Å²) in [5.74, 6) is -0.0851. The molecular formula is C14H19ClN2O2.